The van der Waals surface area contributed by atoms with Gasteiger partial charge in [-0.1, -0.05) is 6.08 Å². The average molecular weight is 174 g/mol. The summed E-state index contributed by atoms with van der Waals surface area (Å²) < 4.78 is 10.0. The first-order chi connectivity index (χ1) is 5.77. The number of carboxylic acid groups (broad SMARTS) is 1. The predicted octanol–water partition coefficient (Wildman–Crippen LogP) is 0.680. The quantitative estimate of drug-likeness (QED) is 0.455. The van der Waals surface area contributed by atoms with Gasteiger partial charge in [-0.05, 0) is 6.92 Å². The first-order valence-corrected chi connectivity index (χ1v) is 3.82. The molecule has 0 aromatic carbocycles. The molecule has 0 aliphatic heterocycles. The normalized spacial score (nSPS) is 10.8. The fourth-order valence-electron chi connectivity index (χ4n) is 0.562. The van der Waals surface area contributed by atoms with Gasteiger partial charge in [0.15, 0.2) is 0 Å². The van der Waals surface area contributed by atoms with Gasteiger partial charge in [-0.25, -0.2) is 4.79 Å². The summed E-state index contributed by atoms with van der Waals surface area (Å²) in [5.74, 6) is -0.955. The summed E-state index contributed by atoms with van der Waals surface area (Å²) in [7, 11) is 0. The van der Waals surface area contributed by atoms with Crippen molar-refractivity contribution in [2.24, 2.45) is 0 Å². The Morgan fingerprint density at radius 2 is 2.08 bits per heavy atom. The lowest BCUT2D eigenvalue weighted by molar-refractivity contribution is -0.131. The number of aliphatic carboxylic acids is 1. The third-order valence-corrected chi connectivity index (χ3v) is 1.05. The molecule has 0 fully saturated rings. The van der Waals surface area contributed by atoms with Crippen LogP contribution in [0, 0.1) is 0 Å². The molecule has 12 heavy (non-hydrogen) atoms. The molecule has 0 saturated heterocycles. The molecule has 0 saturated carbocycles. The van der Waals surface area contributed by atoms with Crippen LogP contribution in [-0.2, 0) is 14.3 Å². The number of carbonyl (C=O) groups is 1. The molecule has 70 valence electrons. The summed E-state index contributed by atoms with van der Waals surface area (Å²) in [5.41, 5.74) is 0. The van der Waals surface area contributed by atoms with E-state index in [1.165, 1.54) is 6.08 Å². The first-order valence-electron chi connectivity index (χ1n) is 3.82. The molecule has 0 heterocycles. The molecule has 0 bridgehead atoms. The van der Waals surface area contributed by atoms with Crippen LogP contribution in [0.15, 0.2) is 12.2 Å². The molecular weight excluding hydrogens is 160 g/mol. The zero-order valence-corrected chi connectivity index (χ0v) is 7.16. The van der Waals surface area contributed by atoms with Crippen LogP contribution < -0.4 is 0 Å². The monoisotopic (exact) mass is 174 g/mol. The maximum atomic E-state index is 9.97. The van der Waals surface area contributed by atoms with Crippen molar-refractivity contribution >= 4 is 5.97 Å². The third-order valence-electron chi connectivity index (χ3n) is 1.05. The molecule has 0 amide bonds. The molecule has 0 aliphatic carbocycles. The first kappa shape index (κ1) is 11.1. The zero-order valence-electron chi connectivity index (χ0n) is 7.16. The molecule has 0 aromatic heterocycles. The minimum absolute atomic E-state index is 0.319. The highest BCUT2D eigenvalue weighted by molar-refractivity contribution is 5.79. The maximum absolute atomic E-state index is 9.97. The summed E-state index contributed by atoms with van der Waals surface area (Å²) in [6.07, 6.45) is 2.51. The van der Waals surface area contributed by atoms with Gasteiger partial charge in [0.2, 0.25) is 0 Å². The van der Waals surface area contributed by atoms with E-state index in [1.54, 1.807) is 0 Å². The lowest BCUT2D eigenvalue weighted by Crippen LogP contribution is -2.03. The highest BCUT2D eigenvalue weighted by atomic mass is 16.5. The third kappa shape index (κ3) is 9.13. The van der Waals surface area contributed by atoms with Gasteiger partial charge in [0.1, 0.15) is 0 Å². The maximum Gasteiger partial charge on any atom is 0.328 e. The van der Waals surface area contributed by atoms with Crippen molar-refractivity contribution in [1.82, 2.24) is 0 Å². The summed E-state index contributed by atoms with van der Waals surface area (Å²) in [4.78, 5) is 9.97. The second-order valence-corrected chi connectivity index (χ2v) is 2.01. The highest BCUT2D eigenvalue weighted by Gasteiger charge is 1.86. The lowest BCUT2D eigenvalue weighted by atomic mass is 10.5. The summed E-state index contributed by atoms with van der Waals surface area (Å²) in [6, 6.07) is 0. The van der Waals surface area contributed by atoms with Crippen LogP contribution >= 0.6 is 0 Å². The van der Waals surface area contributed by atoms with Crippen LogP contribution in [-0.4, -0.2) is 37.5 Å². The van der Waals surface area contributed by atoms with Gasteiger partial charge in [-0.2, -0.15) is 0 Å². The fourth-order valence-corrected chi connectivity index (χ4v) is 0.562. The van der Waals surface area contributed by atoms with Gasteiger partial charge >= 0.3 is 5.97 Å². The van der Waals surface area contributed by atoms with E-state index in [9.17, 15) is 4.79 Å². The van der Waals surface area contributed by atoms with Crippen LogP contribution in [0.25, 0.3) is 0 Å². The van der Waals surface area contributed by atoms with E-state index < -0.39 is 5.97 Å². The van der Waals surface area contributed by atoms with Gasteiger partial charge in [0, 0.05) is 12.7 Å². The van der Waals surface area contributed by atoms with Crippen molar-refractivity contribution in [3.8, 4) is 0 Å². The van der Waals surface area contributed by atoms with Crippen LogP contribution in [0.1, 0.15) is 6.92 Å². The van der Waals surface area contributed by atoms with Gasteiger partial charge in [0.25, 0.3) is 0 Å². The van der Waals surface area contributed by atoms with Crippen LogP contribution in [0.3, 0.4) is 0 Å². The average Bonchev–Trinajstić information content (AvgIpc) is 2.02. The molecular formula is C8H14O4. The topological polar surface area (TPSA) is 55.8 Å². The van der Waals surface area contributed by atoms with Gasteiger partial charge in [-0.3, -0.25) is 0 Å². The highest BCUT2D eigenvalue weighted by Crippen LogP contribution is 1.80. The van der Waals surface area contributed by atoms with E-state index in [2.05, 4.69) is 0 Å². The number of hydrogen-bond donors (Lipinski definition) is 1. The van der Waals surface area contributed by atoms with Crippen molar-refractivity contribution in [2.75, 3.05) is 26.4 Å². The van der Waals surface area contributed by atoms with Crippen molar-refractivity contribution < 1.29 is 19.4 Å². The lowest BCUT2D eigenvalue weighted by Gasteiger charge is -1.99. The number of carboxylic acids is 1. The van der Waals surface area contributed by atoms with Gasteiger partial charge in [-0.15, -0.1) is 0 Å². The number of ether oxygens (including phenoxy) is 2. The molecule has 1 N–H and O–H groups in total. The number of rotatable bonds is 7. The molecule has 0 atom stereocenters. The van der Waals surface area contributed by atoms with E-state index in [-0.39, 0.29) is 0 Å². The largest absolute Gasteiger partial charge is 0.478 e. The SMILES string of the molecule is CCOCCOCC=CC(=O)O. The molecule has 4 heteroatoms. The van der Waals surface area contributed by atoms with Crippen molar-refractivity contribution in [1.29, 1.82) is 0 Å². The second-order valence-electron chi connectivity index (χ2n) is 2.01. The Hall–Kier alpha value is -0.870. The standard InChI is InChI=1S/C8H14O4/c1-2-11-6-7-12-5-3-4-8(9)10/h3-4H,2,5-7H2,1H3,(H,9,10). The molecule has 0 rings (SSSR count). The van der Waals surface area contributed by atoms with Crippen LogP contribution in [0.5, 0.6) is 0 Å². The molecule has 0 unspecified atom stereocenters. The minimum Gasteiger partial charge on any atom is -0.478 e. The van der Waals surface area contributed by atoms with E-state index in [1.807, 2.05) is 6.92 Å². The molecule has 0 spiro atoms. The molecule has 0 aromatic rings. The van der Waals surface area contributed by atoms with Gasteiger partial charge in [0.05, 0.1) is 19.8 Å². The Bertz CT molecular complexity index is 142. The predicted molar refractivity (Wildman–Crippen MR) is 44.1 cm³/mol. The zero-order chi connectivity index (χ0) is 9.23. The van der Waals surface area contributed by atoms with E-state index in [0.29, 0.717) is 26.4 Å². The Morgan fingerprint density at radius 3 is 2.67 bits per heavy atom. The molecule has 0 aliphatic rings. The van der Waals surface area contributed by atoms with Crippen molar-refractivity contribution in [3.63, 3.8) is 0 Å². The fraction of sp³-hybridized carbons (Fsp3) is 0.625. The summed E-state index contributed by atoms with van der Waals surface area (Å²) >= 11 is 0. The van der Waals surface area contributed by atoms with Crippen LogP contribution in [0.4, 0.5) is 0 Å². The molecule has 4 nitrogen and oxygen atoms in total. The summed E-state index contributed by atoms with van der Waals surface area (Å²) in [6.45, 7) is 3.95. The molecule has 0 radical (unpaired) electrons. The van der Waals surface area contributed by atoms with Gasteiger partial charge < -0.3 is 14.6 Å². The smallest absolute Gasteiger partial charge is 0.328 e. The second kappa shape index (κ2) is 8.23. The minimum atomic E-state index is -0.955. The summed E-state index contributed by atoms with van der Waals surface area (Å²) in [5, 5.41) is 8.19. The van der Waals surface area contributed by atoms with Crippen LogP contribution in [0.2, 0.25) is 0 Å². The Labute approximate surface area is 71.8 Å². The van der Waals surface area contributed by atoms with Crippen molar-refractivity contribution in [3.05, 3.63) is 12.2 Å². The van der Waals surface area contributed by atoms with Crippen molar-refractivity contribution in [2.45, 2.75) is 6.92 Å². The Balaban J connectivity index is 3.05. The van der Waals surface area contributed by atoms with E-state index in [0.717, 1.165) is 6.08 Å². The Morgan fingerprint density at radius 1 is 1.42 bits per heavy atom. The van der Waals surface area contributed by atoms with E-state index in [4.69, 9.17) is 14.6 Å². The van der Waals surface area contributed by atoms with E-state index >= 15 is 0 Å². The Kier molecular flexibility index (Phi) is 7.63. The number of hydrogen-bond acceptors (Lipinski definition) is 3.